The number of rotatable bonds is 5. The van der Waals surface area contributed by atoms with Gasteiger partial charge in [-0.3, -0.25) is 4.79 Å². The van der Waals surface area contributed by atoms with Crippen molar-refractivity contribution in [2.45, 2.75) is 19.9 Å². The fraction of sp³-hybridized carbons (Fsp3) is 0.222. The molecule has 0 saturated heterocycles. The van der Waals surface area contributed by atoms with Crippen LogP contribution in [0.25, 0.3) is 0 Å². The van der Waals surface area contributed by atoms with Crippen molar-refractivity contribution in [3.63, 3.8) is 0 Å². The number of carbonyl (C=O) groups is 2. The highest BCUT2D eigenvalue weighted by Gasteiger charge is 2.16. The number of halogens is 2. The van der Waals surface area contributed by atoms with Crippen LogP contribution in [0.3, 0.4) is 0 Å². The van der Waals surface area contributed by atoms with Crippen LogP contribution in [0.4, 0.5) is 8.78 Å². The molecule has 2 rings (SSSR count). The molecule has 2 aromatic carbocycles. The van der Waals surface area contributed by atoms with Crippen molar-refractivity contribution in [2.24, 2.45) is 0 Å². The lowest BCUT2D eigenvalue weighted by Crippen LogP contribution is -2.31. The highest BCUT2D eigenvalue weighted by Crippen LogP contribution is 2.17. The van der Waals surface area contributed by atoms with Crippen molar-refractivity contribution < 1.29 is 23.1 Å². The van der Waals surface area contributed by atoms with E-state index in [2.05, 4.69) is 5.32 Å². The van der Waals surface area contributed by atoms with Crippen LogP contribution >= 0.6 is 0 Å². The largest absolute Gasteiger partial charge is 0.452 e. The molecule has 2 aromatic rings. The van der Waals surface area contributed by atoms with Gasteiger partial charge in [-0.2, -0.15) is 0 Å². The molecule has 0 fully saturated rings. The van der Waals surface area contributed by atoms with Gasteiger partial charge in [-0.1, -0.05) is 24.3 Å². The zero-order chi connectivity index (χ0) is 17.7. The molecule has 0 bridgehead atoms. The summed E-state index contributed by atoms with van der Waals surface area (Å²) in [7, 11) is 0. The van der Waals surface area contributed by atoms with Gasteiger partial charge in [-0.05, 0) is 31.5 Å². The van der Waals surface area contributed by atoms with Gasteiger partial charge in [-0.15, -0.1) is 0 Å². The first-order valence-electron chi connectivity index (χ1n) is 7.35. The van der Waals surface area contributed by atoms with Crippen molar-refractivity contribution >= 4 is 11.9 Å². The molecule has 0 aliphatic carbocycles. The number of carbonyl (C=O) groups excluding carboxylic acids is 2. The lowest BCUT2D eigenvalue weighted by Gasteiger charge is -2.15. The van der Waals surface area contributed by atoms with Crippen molar-refractivity contribution in [3.05, 3.63) is 70.8 Å². The molecular formula is C18H17F2NO3. The Hall–Kier alpha value is -2.76. The number of amides is 1. The standard InChI is InChI=1S/C18H17F2NO3/c1-11-5-3-4-6-14(11)18(23)24-10-17(22)21-12(2)15-8-7-13(19)9-16(15)20/h3-9,12H,10H2,1-2H3,(H,21,22)/t12-/m0/s1. The van der Waals surface area contributed by atoms with E-state index in [0.29, 0.717) is 5.56 Å². The molecule has 126 valence electrons. The van der Waals surface area contributed by atoms with Gasteiger partial charge in [0, 0.05) is 11.6 Å². The van der Waals surface area contributed by atoms with E-state index in [-0.39, 0.29) is 5.56 Å². The van der Waals surface area contributed by atoms with Crippen LogP contribution in [0.1, 0.15) is 34.5 Å². The maximum absolute atomic E-state index is 13.7. The van der Waals surface area contributed by atoms with Gasteiger partial charge in [0.15, 0.2) is 6.61 Å². The minimum Gasteiger partial charge on any atom is -0.452 e. The van der Waals surface area contributed by atoms with Crippen molar-refractivity contribution in [1.82, 2.24) is 5.32 Å². The Labute approximate surface area is 138 Å². The zero-order valence-electron chi connectivity index (χ0n) is 13.3. The Morgan fingerprint density at radius 1 is 1.17 bits per heavy atom. The predicted octanol–water partition coefficient (Wildman–Crippen LogP) is 3.31. The summed E-state index contributed by atoms with van der Waals surface area (Å²) in [6.07, 6.45) is 0. The summed E-state index contributed by atoms with van der Waals surface area (Å²) in [5, 5.41) is 2.50. The predicted molar refractivity (Wildman–Crippen MR) is 84.4 cm³/mol. The molecule has 0 heterocycles. The summed E-state index contributed by atoms with van der Waals surface area (Å²) in [5.74, 6) is -2.63. The van der Waals surface area contributed by atoms with Crippen LogP contribution in [0.15, 0.2) is 42.5 Å². The third-order valence-corrected chi connectivity index (χ3v) is 3.51. The second-order valence-electron chi connectivity index (χ2n) is 5.35. The number of aryl methyl sites for hydroxylation is 1. The molecule has 0 radical (unpaired) electrons. The molecule has 4 nitrogen and oxygen atoms in total. The molecule has 0 aromatic heterocycles. The molecule has 1 amide bonds. The summed E-state index contributed by atoms with van der Waals surface area (Å²) in [4.78, 5) is 23.8. The summed E-state index contributed by atoms with van der Waals surface area (Å²) >= 11 is 0. The van der Waals surface area contributed by atoms with Crippen molar-refractivity contribution in [1.29, 1.82) is 0 Å². The maximum Gasteiger partial charge on any atom is 0.338 e. The maximum atomic E-state index is 13.7. The van der Waals surface area contributed by atoms with Crippen LogP contribution < -0.4 is 5.32 Å². The molecule has 0 spiro atoms. The average molecular weight is 333 g/mol. The van der Waals surface area contributed by atoms with E-state index in [0.717, 1.165) is 17.7 Å². The second-order valence-corrected chi connectivity index (χ2v) is 5.35. The molecular weight excluding hydrogens is 316 g/mol. The van der Waals surface area contributed by atoms with Gasteiger partial charge in [0.1, 0.15) is 11.6 Å². The first-order valence-corrected chi connectivity index (χ1v) is 7.35. The molecule has 1 atom stereocenters. The van der Waals surface area contributed by atoms with Gasteiger partial charge in [-0.25, -0.2) is 13.6 Å². The van der Waals surface area contributed by atoms with Gasteiger partial charge in [0.25, 0.3) is 5.91 Å². The molecule has 1 N–H and O–H groups in total. The van der Waals surface area contributed by atoms with Gasteiger partial charge in [0.05, 0.1) is 11.6 Å². The summed E-state index contributed by atoms with van der Waals surface area (Å²) in [6, 6.07) is 9.28. The number of ether oxygens (including phenoxy) is 1. The second kappa shape index (κ2) is 7.68. The van der Waals surface area contributed by atoms with E-state index in [1.807, 2.05) is 0 Å². The van der Waals surface area contributed by atoms with Gasteiger partial charge >= 0.3 is 5.97 Å². The van der Waals surface area contributed by atoms with Gasteiger partial charge < -0.3 is 10.1 Å². The van der Waals surface area contributed by atoms with Crippen LogP contribution in [-0.4, -0.2) is 18.5 Å². The fourth-order valence-corrected chi connectivity index (χ4v) is 2.22. The quantitative estimate of drug-likeness (QED) is 0.854. The lowest BCUT2D eigenvalue weighted by molar-refractivity contribution is -0.124. The van der Waals surface area contributed by atoms with Crippen molar-refractivity contribution in [3.8, 4) is 0 Å². The van der Waals surface area contributed by atoms with Gasteiger partial charge in [0.2, 0.25) is 0 Å². The average Bonchev–Trinajstić information content (AvgIpc) is 2.52. The van der Waals surface area contributed by atoms with E-state index in [9.17, 15) is 18.4 Å². The number of hydrogen-bond donors (Lipinski definition) is 1. The molecule has 24 heavy (non-hydrogen) atoms. The van der Waals surface area contributed by atoms with E-state index >= 15 is 0 Å². The van der Waals surface area contributed by atoms with E-state index in [1.54, 1.807) is 38.1 Å². The summed E-state index contributed by atoms with van der Waals surface area (Å²) in [5.41, 5.74) is 1.27. The normalized spacial score (nSPS) is 11.7. The molecule has 0 aliphatic rings. The number of esters is 1. The molecule has 0 saturated carbocycles. The summed E-state index contributed by atoms with van der Waals surface area (Å²) in [6.45, 7) is 2.83. The Morgan fingerprint density at radius 2 is 1.88 bits per heavy atom. The molecule has 6 heteroatoms. The van der Waals surface area contributed by atoms with Crippen LogP contribution in [0.2, 0.25) is 0 Å². The molecule has 0 unspecified atom stereocenters. The highest BCUT2D eigenvalue weighted by atomic mass is 19.1. The minimum atomic E-state index is -0.750. The first kappa shape index (κ1) is 17.6. The third kappa shape index (κ3) is 4.38. The van der Waals surface area contributed by atoms with Crippen LogP contribution in [-0.2, 0) is 9.53 Å². The Morgan fingerprint density at radius 3 is 2.54 bits per heavy atom. The van der Waals surface area contributed by atoms with E-state index < -0.39 is 36.2 Å². The third-order valence-electron chi connectivity index (χ3n) is 3.51. The van der Waals surface area contributed by atoms with E-state index in [4.69, 9.17) is 4.74 Å². The number of hydrogen-bond acceptors (Lipinski definition) is 3. The zero-order valence-corrected chi connectivity index (χ0v) is 13.3. The Bertz CT molecular complexity index is 762. The highest BCUT2D eigenvalue weighted by molar-refractivity contribution is 5.92. The summed E-state index contributed by atoms with van der Waals surface area (Å²) < 4.78 is 31.5. The van der Waals surface area contributed by atoms with Crippen molar-refractivity contribution in [2.75, 3.05) is 6.61 Å². The van der Waals surface area contributed by atoms with Crippen LogP contribution in [0, 0.1) is 18.6 Å². The Kier molecular flexibility index (Phi) is 5.63. The number of benzene rings is 2. The minimum absolute atomic E-state index is 0.148. The van der Waals surface area contributed by atoms with Crippen LogP contribution in [0.5, 0.6) is 0 Å². The smallest absolute Gasteiger partial charge is 0.338 e. The molecule has 0 aliphatic heterocycles. The Balaban J connectivity index is 1.91. The SMILES string of the molecule is Cc1ccccc1C(=O)OCC(=O)N[C@@H](C)c1ccc(F)cc1F. The number of nitrogens with one attached hydrogen (secondary N) is 1. The lowest BCUT2D eigenvalue weighted by atomic mass is 10.1. The first-order chi connectivity index (χ1) is 11.4. The topological polar surface area (TPSA) is 55.4 Å². The monoisotopic (exact) mass is 333 g/mol. The van der Waals surface area contributed by atoms with E-state index in [1.165, 1.54) is 6.07 Å². The fourth-order valence-electron chi connectivity index (χ4n) is 2.22.